The van der Waals surface area contributed by atoms with Crippen LogP contribution >= 0.6 is 0 Å². The Morgan fingerprint density at radius 2 is 1.36 bits per heavy atom. The average Bonchev–Trinajstić information content (AvgIpc) is 3.09. The summed E-state index contributed by atoms with van der Waals surface area (Å²) >= 11 is 0. The van der Waals surface area contributed by atoms with Gasteiger partial charge in [0.2, 0.25) is 0 Å². The first-order valence-corrected chi connectivity index (χ1v) is 9.01. The fraction of sp³-hybridized carbons (Fsp3) is 0.944. The fourth-order valence-corrected chi connectivity index (χ4v) is 2.95. The van der Waals surface area contributed by atoms with Gasteiger partial charge in [-0.2, -0.15) is 4.80 Å². The van der Waals surface area contributed by atoms with Crippen molar-refractivity contribution in [2.75, 3.05) is 0 Å². The first-order chi connectivity index (χ1) is 10.2. The molecular formula is C18H36N4. The zero-order valence-electron chi connectivity index (χ0n) is 15.9. The minimum absolute atomic E-state index is 0.301. The van der Waals surface area contributed by atoms with E-state index in [4.69, 9.17) is 0 Å². The lowest BCUT2D eigenvalue weighted by Gasteiger charge is -2.16. The van der Waals surface area contributed by atoms with Crippen LogP contribution in [0.25, 0.3) is 0 Å². The van der Waals surface area contributed by atoms with Crippen molar-refractivity contribution in [3.05, 3.63) is 5.82 Å². The standard InChI is InChI=1S/C11H22.C7H14N4/c1-8(2)10-5-6-11(7-10)9(3)4;1-5(2)7-8-10-11(9-7)6(3)4/h8-11H,5-7H2,1-4H3;5-6H,1-4H3. The van der Waals surface area contributed by atoms with Gasteiger partial charge in [-0.1, -0.05) is 41.5 Å². The second-order valence-corrected chi connectivity index (χ2v) is 8.04. The van der Waals surface area contributed by atoms with Crippen molar-refractivity contribution >= 4 is 0 Å². The Hall–Kier alpha value is -0.930. The van der Waals surface area contributed by atoms with Gasteiger partial charge in [0.05, 0.1) is 6.04 Å². The fourth-order valence-electron chi connectivity index (χ4n) is 2.95. The van der Waals surface area contributed by atoms with E-state index in [1.165, 1.54) is 19.3 Å². The van der Waals surface area contributed by atoms with E-state index >= 15 is 0 Å². The molecule has 1 fully saturated rings. The highest BCUT2D eigenvalue weighted by molar-refractivity contribution is 4.84. The van der Waals surface area contributed by atoms with Crippen LogP contribution in [0.5, 0.6) is 0 Å². The van der Waals surface area contributed by atoms with Gasteiger partial charge >= 0.3 is 0 Å². The predicted molar refractivity (Wildman–Crippen MR) is 92.8 cm³/mol. The number of rotatable bonds is 4. The molecule has 1 aliphatic rings. The van der Waals surface area contributed by atoms with E-state index in [9.17, 15) is 0 Å². The van der Waals surface area contributed by atoms with Crippen molar-refractivity contribution in [2.24, 2.45) is 23.7 Å². The molecule has 0 N–H and O–H groups in total. The van der Waals surface area contributed by atoms with Crippen LogP contribution in [0.3, 0.4) is 0 Å². The van der Waals surface area contributed by atoms with Gasteiger partial charge in [0.1, 0.15) is 0 Å². The van der Waals surface area contributed by atoms with Crippen LogP contribution in [-0.4, -0.2) is 20.2 Å². The monoisotopic (exact) mass is 308 g/mol. The van der Waals surface area contributed by atoms with Gasteiger partial charge < -0.3 is 0 Å². The summed E-state index contributed by atoms with van der Waals surface area (Å²) in [6.45, 7) is 17.7. The Bertz CT molecular complexity index is 384. The maximum Gasteiger partial charge on any atom is 0.177 e. The third-order valence-electron chi connectivity index (χ3n) is 4.82. The maximum atomic E-state index is 4.20. The van der Waals surface area contributed by atoms with E-state index in [1.54, 1.807) is 4.80 Å². The number of hydrogen-bond donors (Lipinski definition) is 0. The van der Waals surface area contributed by atoms with Gasteiger partial charge in [-0.15, -0.1) is 10.2 Å². The summed E-state index contributed by atoms with van der Waals surface area (Å²) in [5, 5.41) is 12.0. The summed E-state index contributed by atoms with van der Waals surface area (Å²) in [5.41, 5.74) is 0. The van der Waals surface area contributed by atoms with Crippen molar-refractivity contribution in [3.63, 3.8) is 0 Å². The van der Waals surface area contributed by atoms with Crippen LogP contribution in [0.2, 0.25) is 0 Å². The van der Waals surface area contributed by atoms with Crippen LogP contribution < -0.4 is 0 Å². The Balaban J connectivity index is 0.000000220. The van der Waals surface area contributed by atoms with E-state index in [2.05, 4.69) is 57.0 Å². The summed E-state index contributed by atoms with van der Waals surface area (Å²) in [6, 6.07) is 0.301. The van der Waals surface area contributed by atoms with Crippen LogP contribution in [0.1, 0.15) is 92.4 Å². The van der Waals surface area contributed by atoms with Crippen LogP contribution in [-0.2, 0) is 0 Å². The largest absolute Gasteiger partial charge is 0.177 e. The third-order valence-corrected chi connectivity index (χ3v) is 4.82. The summed E-state index contributed by atoms with van der Waals surface area (Å²) in [5.74, 6) is 5.07. The summed E-state index contributed by atoms with van der Waals surface area (Å²) < 4.78 is 0. The maximum absolute atomic E-state index is 4.20. The lowest BCUT2D eigenvalue weighted by molar-refractivity contribution is 0.340. The normalized spacial score (nSPS) is 21.8. The summed E-state index contributed by atoms with van der Waals surface area (Å²) in [4.78, 5) is 1.63. The molecule has 1 aliphatic carbocycles. The van der Waals surface area contributed by atoms with Crippen LogP contribution in [0, 0.1) is 23.7 Å². The minimum Gasteiger partial charge on any atom is -0.162 e. The quantitative estimate of drug-likeness (QED) is 0.778. The van der Waals surface area contributed by atoms with Gasteiger partial charge in [-0.05, 0) is 62.0 Å². The highest BCUT2D eigenvalue weighted by Crippen LogP contribution is 2.39. The highest BCUT2D eigenvalue weighted by Gasteiger charge is 2.28. The van der Waals surface area contributed by atoms with Gasteiger partial charge in [-0.3, -0.25) is 0 Å². The third kappa shape index (κ3) is 5.69. The molecule has 2 rings (SSSR count). The van der Waals surface area contributed by atoms with Crippen molar-refractivity contribution in [3.8, 4) is 0 Å². The summed E-state index contributed by atoms with van der Waals surface area (Å²) in [7, 11) is 0. The van der Waals surface area contributed by atoms with Gasteiger partial charge in [0.15, 0.2) is 5.82 Å². The van der Waals surface area contributed by atoms with Crippen LogP contribution in [0.15, 0.2) is 0 Å². The van der Waals surface area contributed by atoms with Crippen molar-refractivity contribution in [1.82, 2.24) is 20.2 Å². The van der Waals surface area contributed by atoms with Crippen molar-refractivity contribution in [2.45, 2.75) is 86.6 Å². The molecule has 1 aromatic rings. The molecule has 0 saturated heterocycles. The molecule has 1 saturated carbocycles. The zero-order valence-corrected chi connectivity index (χ0v) is 15.9. The lowest BCUT2D eigenvalue weighted by Crippen LogP contribution is -2.07. The zero-order chi connectivity index (χ0) is 16.9. The second kappa shape index (κ2) is 8.64. The first-order valence-electron chi connectivity index (χ1n) is 9.01. The lowest BCUT2D eigenvalue weighted by atomic mass is 9.89. The number of nitrogens with zero attached hydrogens (tertiary/aromatic N) is 4. The molecule has 2 unspecified atom stereocenters. The van der Waals surface area contributed by atoms with Gasteiger partial charge in [0, 0.05) is 5.92 Å². The van der Waals surface area contributed by atoms with E-state index < -0.39 is 0 Å². The molecule has 0 aliphatic heterocycles. The van der Waals surface area contributed by atoms with E-state index in [0.717, 1.165) is 29.5 Å². The smallest absolute Gasteiger partial charge is 0.162 e. The molecule has 2 atom stereocenters. The molecule has 1 aromatic heterocycles. The molecule has 0 spiro atoms. The summed E-state index contributed by atoms with van der Waals surface area (Å²) in [6.07, 6.45) is 4.47. The molecular weight excluding hydrogens is 272 g/mol. The Morgan fingerprint density at radius 3 is 1.59 bits per heavy atom. The van der Waals surface area contributed by atoms with Crippen molar-refractivity contribution < 1.29 is 0 Å². The molecule has 0 aromatic carbocycles. The Labute approximate surface area is 137 Å². The van der Waals surface area contributed by atoms with Crippen LogP contribution in [0.4, 0.5) is 0 Å². The average molecular weight is 309 g/mol. The van der Waals surface area contributed by atoms with Gasteiger partial charge in [0.25, 0.3) is 0 Å². The van der Waals surface area contributed by atoms with E-state index in [0.29, 0.717) is 12.0 Å². The molecule has 128 valence electrons. The van der Waals surface area contributed by atoms with Gasteiger partial charge in [-0.25, -0.2) is 0 Å². The Morgan fingerprint density at radius 1 is 0.864 bits per heavy atom. The molecule has 0 amide bonds. The number of tetrazole rings is 1. The SMILES string of the molecule is CC(C)C1CCC(C(C)C)C1.CC(C)c1nnn(C(C)C)n1. The van der Waals surface area contributed by atoms with Crippen molar-refractivity contribution in [1.29, 1.82) is 0 Å². The molecule has 22 heavy (non-hydrogen) atoms. The topological polar surface area (TPSA) is 43.6 Å². The van der Waals surface area contributed by atoms with E-state index in [-0.39, 0.29) is 0 Å². The molecule has 4 nitrogen and oxygen atoms in total. The number of hydrogen-bond acceptors (Lipinski definition) is 3. The highest BCUT2D eigenvalue weighted by atomic mass is 15.6. The molecule has 0 bridgehead atoms. The first kappa shape index (κ1) is 19.1. The second-order valence-electron chi connectivity index (χ2n) is 8.04. The number of aromatic nitrogens is 4. The molecule has 0 radical (unpaired) electrons. The Kier molecular flexibility index (Phi) is 7.51. The van der Waals surface area contributed by atoms with E-state index in [1.807, 2.05) is 13.8 Å². The minimum atomic E-state index is 0.301. The predicted octanol–water partition coefficient (Wildman–Crippen LogP) is 5.09. The molecule has 4 heteroatoms. The molecule has 1 heterocycles.